The first kappa shape index (κ1) is 25.2. The highest BCUT2D eigenvalue weighted by molar-refractivity contribution is 6.04. The molecule has 2 atom stereocenters. The molecule has 1 N–H and O–H groups in total. The lowest BCUT2D eigenvalue weighted by Crippen LogP contribution is -2.36. The number of ether oxygens (including phenoxy) is 5. The third kappa shape index (κ3) is 4.39. The fourth-order valence-electron chi connectivity index (χ4n) is 5.13. The molecular weight excluding hydrogens is 462 g/mol. The molecule has 2 aromatic carbocycles. The summed E-state index contributed by atoms with van der Waals surface area (Å²) in [6.07, 6.45) is 0.946. The Hall–Kier alpha value is -3.94. The molecule has 8 heteroatoms. The van der Waals surface area contributed by atoms with E-state index in [0.717, 1.165) is 17.0 Å². The summed E-state index contributed by atoms with van der Waals surface area (Å²) in [7, 11) is 7.54. The van der Waals surface area contributed by atoms with Crippen molar-refractivity contribution in [3.05, 3.63) is 70.1 Å². The van der Waals surface area contributed by atoms with Crippen LogP contribution in [0.25, 0.3) is 0 Å². The summed E-state index contributed by atoms with van der Waals surface area (Å²) >= 11 is 0. The second kappa shape index (κ2) is 10.4. The molecule has 36 heavy (non-hydrogen) atoms. The smallest absolute Gasteiger partial charge is 0.336 e. The number of nitrogens with one attached hydrogen (secondary N) is 1. The maximum atomic E-state index is 13.7. The second-order valence-corrected chi connectivity index (χ2v) is 8.74. The van der Waals surface area contributed by atoms with E-state index in [1.807, 2.05) is 31.2 Å². The Morgan fingerprint density at radius 2 is 1.50 bits per heavy atom. The number of carbonyl (C=O) groups is 2. The summed E-state index contributed by atoms with van der Waals surface area (Å²) in [6, 6.07) is 11.3. The number of esters is 1. The van der Waals surface area contributed by atoms with E-state index in [2.05, 4.69) is 5.32 Å². The standard InChI is InChI=1S/C28H31NO7/c1-15-24(28(31)36-6)25(18-13-22(33-3)27(35-5)23(14-18)34-4)26-20(29-15)11-17(12-21(26)30)16-7-9-19(32-2)10-8-16/h7-10,13-14,17,25,29H,11-12H2,1-6H3/t17-,25-/m0/s1. The maximum Gasteiger partial charge on any atom is 0.336 e. The second-order valence-electron chi connectivity index (χ2n) is 8.74. The Morgan fingerprint density at radius 3 is 2.03 bits per heavy atom. The van der Waals surface area contributed by atoms with Gasteiger partial charge in [-0.15, -0.1) is 0 Å². The molecule has 2 aromatic rings. The molecule has 1 aliphatic carbocycles. The van der Waals surface area contributed by atoms with Crippen molar-refractivity contribution in [2.24, 2.45) is 0 Å². The van der Waals surface area contributed by atoms with Crippen molar-refractivity contribution in [2.75, 3.05) is 35.5 Å². The quantitative estimate of drug-likeness (QED) is 0.572. The van der Waals surface area contributed by atoms with Gasteiger partial charge < -0.3 is 29.0 Å². The van der Waals surface area contributed by atoms with E-state index >= 15 is 0 Å². The summed E-state index contributed by atoms with van der Waals surface area (Å²) in [5.41, 5.74) is 4.11. The van der Waals surface area contributed by atoms with E-state index in [1.54, 1.807) is 19.2 Å². The largest absolute Gasteiger partial charge is 0.497 e. The van der Waals surface area contributed by atoms with Crippen molar-refractivity contribution < 1.29 is 33.3 Å². The Bertz CT molecular complexity index is 1220. The number of hydrogen-bond donors (Lipinski definition) is 1. The van der Waals surface area contributed by atoms with Crippen LogP contribution in [0.5, 0.6) is 23.0 Å². The van der Waals surface area contributed by atoms with Crippen molar-refractivity contribution in [2.45, 2.75) is 31.6 Å². The fourth-order valence-corrected chi connectivity index (χ4v) is 5.13. The van der Waals surface area contributed by atoms with E-state index in [9.17, 15) is 9.59 Å². The third-order valence-electron chi connectivity index (χ3n) is 6.84. The topological polar surface area (TPSA) is 92.3 Å². The van der Waals surface area contributed by atoms with Gasteiger partial charge in [0.15, 0.2) is 17.3 Å². The first-order chi connectivity index (χ1) is 17.4. The molecule has 1 heterocycles. The van der Waals surface area contributed by atoms with Crippen LogP contribution in [0.4, 0.5) is 0 Å². The van der Waals surface area contributed by atoms with Crippen LogP contribution in [0.3, 0.4) is 0 Å². The Labute approximate surface area is 210 Å². The van der Waals surface area contributed by atoms with Crippen molar-refractivity contribution in [3.8, 4) is 23.0 Å². The first-order valence-corrected chi connectivity index (χ1v) is 11.6. The average molecular weight is 494 g/mol. The lowest BCUT2D eigenvalue weighted by Gasteiger charge is -2.36. The minimum absolute atomic E-state index is 0.00252. The summed E-state index contributed by atoms with van der Waals surface area (Å²) in [4.78, 5) is 26.7. The van der Waals surface area contributed by atoms with Gasteiger partial charge in [-0.2, -0.15) is 0 Å². The molecule has 0 unspecified atom stereocenters. The van der Waals surface area contributed by atoms with Gasteiger partial charge in [-0.1, -0.05) is 12.1 Å². The molecule has 0 bridgehead atoms. The SMILES string of the molecule is COC(=O)C1=C(C)NC2=C(C(=O)C[C@@H](c3ccc(OC)cc3)C2)[C@H]1c1cc(OC)c(OC)c(OC)c1. The molecule has 190 valence electrons. The number of dihydropyridines is 1. The van der Waals surface area contributed by atoms with Crippen LogP contribution in [-0.2, 0) is 14.3 Å². The minimum Gasteiger partial charge on any atom is -0.497 e. The summed E-state index contributed by atoms with van der Waals surface area (Å²) < 4.78 is 27.0. The fraction of sp³-hybridized carbons (Fsp3) is 0.357. The highest BCUT2D eigenvalue weighted by Crippen LogP contribution is 2.49. The number of carbonyl (C=O) groups excluding carboxylic acids is 2. The zero-order chi connectivity index (χ0) is 26.0. The van der Waals surface area contributed by atoms with Gasteiger partial charge in [-0.3, -0.25) is 4.79 Å². The molecular formula is C28H31NO7. The molecule has 0 saturated carbocycles. The van der Waals surface area contributed by atoms with Crippen LogP contribution in [0, 0.1) is 0 Å². The van der Waals surface area contributed by atoms with E-state index in [0.29, 0.717) is 52.5 Å². The van der Waals surface area contributed by atoms with E-state index in [1.165, 1.54) is 28.4 Å². The van der Waals surface area contributed by atoms with Gasteiger partial charge in [0.2, 0.25) is 5.75 Å². The molecule has 0 radical (unpaired) electrons. The molecule has 0 amide bonds. The van der Waals surface area contributed by atoms with Gasteiger partial charge in [-0.25, -0.2) is 4.79 Å². The average Bonchev–Trinajstić information content (AvgIpc) is 2.90. The number of benzene rings is 2. The molecule has 1 aliphatic heterocycles. The minimum atomic E-state index is -0.647. The zero-order valence-electron chi connectivity index (χ0n) is 21.4. The van der Waals surface area contributed by atoms with Crippen LogP contribution >= 0.6 is 0 Å². The molecule has 0 fully saturated rings. The maximum absolute atomic E-state index is 13.7. The Morgan fingerprint density at radius 1 is 0.861 bits per heavy atom. The van der Waals surface area contributed by atoms with Crippen molar-refractivity contribution in [1.82, 2.24) is 5.32 Å². The first-order valence-electron chi connectivity index (χ1n) is 11.6. The molecule has 0 spiro atoms. The van der Waals surface area contributed by atoms with Crippen LogP contribution in [0.1, 0.15) is 42.7 Å². The number of rotatable bonds is 7. The Balaban J connectivity index is 1.85. The van der Waals surface area contributed by atoms with Gasteiger partial charge in [0.05, 0.1) is 41.1 Å². The van der Waals surface area contributed by atoms with Gasteiger partial charge in [-0.05, 0) is 54.7 Å². The number of hydrogen-bond acceptors (Lipinski definition) is 8. The predicted molar refractivity (Wildman–Crippen MR) is 134 cm³/mol. The van der Waals surface area contributed by atoms with Crippen LogP contribution in [0.2, 0.25) is 0 Å². The van der Waals surface area contributed by atoms with Crippen molar-refractivity contribution in [1.29, 1.82) is 0 Å². The summed E-state index contributed by atoms with van der Waals surface area (Å²) in [5.74, 6) is 0.895. The Kier molecular flexibility index (Phi) is 7.24. The summed E-state index contributed by atoms with van der Waals surface area (Å²) in [6.45, 7) is 1.82. The van der Waals surface area contributed by atoms with Crippen LogP contribution < -0.4 is 24.3 Å². The lowest BCUT2D eigenvalue weighted by atomic mass is 9.71. The summed E-state index contributed by atoms with van der Waals surface area (Å²) in [5, 5.41) is 3.34. The van der Waals surface area contributed by atoms with Crippen LogP contribution in [0.15, 0.2) is 58.9 Å². The number of methoxy groups -OCH3 is 5. The molecule has 0 aromatic heterocycles. The third-order valence-corrected chi connectivity index (χ3v) is 6.84. The van der Waals surface area contributed by atoms with E-state index in [4.69, 9.17) is 23.7 Å². The predicted octanol–water partition coefficient (Wildman–Crippen LogP) is 4.26. The molecule has 8 nitrogen and oxygen atoms in total. The van der Waals surface area contributed by atoms with Gasteiger partial charge >= 0.3 is 5.97 Å². The van der Waals surface area contributed by atoms with Gasteiger partial charge in [0, 0.05) is 29.3 Å². The van der Waals surface area contributed by atoms with Crippen molar-refractivity contribution in [3.63, 3.8) is 0 Å². The molecule has 2 aliphatic rings. The van der Waals surface area contributed by atoms with Gasteiger partial charge in [0.25, 0.3) is 0 Å². The molecule has 4 rings (SSSR count). The van der Waals surface area contributed by atoms with Gasteiger partial charge in [0.1, 0.15) is 5.75 Å². The number of Topliss-reactive ketones (excluding diaryl/α,β-unsaturated/α-hetero) is 1. The van der Waals surface area contributed by atoms with Crippen LogP contribution in [-0.4, -0.2) is 47.3 Å². The molecule has 0 saturated heterocycles. The van der Waals surface area contributed by atoms with Crippen molar-refractivity contribution >= 4 is 11.8 Å². The van der Waals surface area contributed by atoms with E-state index < -0.39 is 11.9 Å². The highest BCUT2D eigenvalue weighted by atomic mass is 16.5. The number of ketones is 1. The normalized spacial score (nSPS) is 19.3. The monoisotopic (exact) mass is 493 g/mol. The number of allylic oxidation sites excluding steroid dienone is 3. The zero-order valence-corrected chi connectivity index (χ0v) is 21.4. The lowest BCUT2D eigenvalue weighted by molar-refractivity contribution is -0.136. The highest BCUT2D eigenvalue weighted by Gasteiger charge is 2.42. The van der Waals surface area contributed by atoms with E-state index in [-0.39, 0.29) is 11.7 Å².